The number of halogens is 2. The van der Waals surface area contributed by atoms with Crippen molar-refractivity contribution in [3.63, 3.8) is 0 Å². The Kier molecular flexibility index (Phi) is 9.08. The van der Waals surface area contributed by atoms with Gasteiger partial charge in [0.25, 0.3) is 0 Å². The van der Waals surface area contributed by atoms with Gasteiger partial charge in [-0.2, -0.15) is 8.78 Å². The van der Waals surface area contributed by atoms with Crippen LogP contribution in [0.15, 0.2) is 0 Å². The molecule has 0 saturated carbocycles. The molecule has 0 heterocycles. The third-order valence-electron chi connectivity index (χ3n) is 3.60. The zero-order chi connectivity index (χ0) is 15.1. The van der Waals surface area contributed by atoms with E-state index in [9.17, 15) is 8.78 Å². The Morgan fingerprint density at radius 2 is 0.842 bits per heavy atom. The molecule has 19 heavy (non-hydrogen) atoms. The molecule has 0 aliphatic carbocycles. The first-order valence-corrected chi connectivity index (χ1v) is 8.99. The van der Waals surface area contributed by atoms with Crippen molar-refractivity contribution in [2.45, 2.75) is 41.5 Å². The van der Waals surface area contributed by atoms with Gasteiger partial charge in [-0.15, -0.1) is 0 Å². The zero-order valence-corrected chi connectivity index (χ0v) is 14.2. The van der Waals surface area contributed by atoms with Gasteiger partial charge in [-0.25, -0.2) is 0 Å². The molecule has 0 saturated heterocycles. The summed E-state index contributed by atoms with van der Waals surface area (Å²) >= 11 is 0. The molecule has 0 bridgehead atoms. The van der Waals surface area contributed by atoms with Gasteiger partial charge >= 0.3 is 5.80 Å². The number of rotatable bonds is 9. The van der Waals surface area contributed by atoms with Crippen LogP contribution in [-0.4, -0.2) is 59.1 Å². The average molecular weight is 297 g/mol. The minimum Gasteiger partial charge on any atom is -0.257 e. The van der Waals surface area contributed by atoms with Crippen LogP contribution < -0.4 is 0 Å². The van der Waals surface area contributed by atoms with Crippen molar-refractivity contribution < 1.29 is 8.78 Å². The molecule has 0 amide bonds. The molecular weight excluding hydrogens is 267 g/mol. The lowest BCUT2D eigenvalue weighted by Gasteiger charge is -2.48. The van der Waals surface area contributed by atoms with Crippen molar-refractivity contribution >= 4 is 13.1 Å². The van der Waals surface area contributed by atoms with Gasteiger partial charge < -0.3 is 0 Å². The summed E-state index contributed by atoms with van der Waals surface area (Å²) in [4.78, 5) is 0. The topological polar surface area (TPSA) is 9.72 Å². The molecular formula is C13H30F2N3P. The lowest BCUT2D eigenvalue weighted by atomic mass is 10.7. The van der Waals surface area contributed by atoms with Crippen molar-refractivity contribution in [1.29, 1.82) is 0 Å². The van der Waals surface area contributed by atoms with Crippen molar-refractivity contribution in [2.75, 3.05) is 39.3 Å². The van der Waals surface area contributed by atoms with E-state index in [-0.39, 0.29) is 0 Å². The Bertz CT molecular complexity index is 256. The van der Waals surface area contributed by atoms with E-state index < -0.39 is 13.1 Å². The van der Waals surface area contributed by atoms with Gasteiger partial charge in [-0.3, -0.25) is 14.0 Å². The van der Waals surface area contributed by atoms with E-state index >= 15 is 0 Å². The minimum atomic E-state index is -2.82. The highest BCUT2D eigenvalue weighted by Crippen LogP contribution is 2.59. The van der Waals surface area contributed by atoms with E-state index in [2.05, 4.69) is 0 Å². The molecule has 116 valence electrons. The lowest BCUT2D eigenvalue weighted by molar-refractivity contribution is 0.341. The van der Waals surface area contributed by atoms with Gasteiger partial charge in [-0.05, 0) is 0 Å². The SMILES string of the molecule is CCN(CC)P(=C(F)F)(N(CC)CC)N(CC)CC. The van der Waals surface area contributed by atoms with Crippen LogP contribution >= 0.6 is 7.34 Å². The van der Waals surface area contributed by atoms with Gasteiger partial charge in [-0.1, -0.05) is 41.5 Å². The third-order valence-corrected chi connectivity index (χ3v) is 8.12. The summed E-state index contributed by atoms with van der Waals surface area (Å²) in [6, 6.07) is 0. The molecule has 0 aromatic rings. The second-order valence-electron chi connectivity index (χ2n) is 4.23. The monoisotopic (exact) mass is 297 g/mol. The fraction of sp³-hybridized carbons (Fsp3) is 0.923. The summed E-state index contributed by atoms with van der Waals surface area (Å²) < 4.78 is 34.0. The van der Waals surface area contributed by atoms with Crippen molar-refractivity contribution in [3.8, 4) is 0 Å². The maximum absolute atomic E-state index is 14.1. The normalized spacial score (nSPS) is 12.8. The Balaban J connectivity index is 6.12. The molecule has 0 aromatic carbocycles. The molecule has 6 heteroatoms. The predicted octanol–water partition coefficient (Wildman–Crippen LogP) is 3.80. The van der Waals surface area contributed by atoms with Crippen LogP contribution in [0.5, 0.6) is 0 Å². The van der Waals surface area contributed by atoms with Crippen LogP contribution in [0.25, 0.3) is 0 Å². The molecule has 0 aromatic heterocycles. The van der Waals surface area contributed by atoms with Crippen molar-refractivity contribution in [3.05, 3.63) is 0 Å². The van der Waals surface area contributed by atoms with Gasteiger partial charge in [0, 0.05) is 39.3 Å². The fourth-order valence-electron chi connectivity index (χ4n) is 2.71. The molecule has 0 N–H and O–H groups in total. The minimum absolute atomic E-state index is 0.647. The van der Waals surface area contributed by atoms with Gasteiger partial charge in [0.05, 0.1) is 0 Å². The molecule has 0 radical (unpaired) electrons. The second kappa shape index (κ2) is 9.06. The van der Waals surface area contributed by atoms with E-state index in [1.807, 2.05) is 55.6 Å². The van der Waals surface area contributed by atoms with Gasteiger partial charge in [0.2, 0.25) is 0 Å². The summed E-state index contributed by atoms with van der Waals surface area (Å²) in [5.41, 5.74) is 0. The first-order valence-electron chi connectivity index (χ1n) is 7.34. The van der Waals surface area contributed by atoms with Crippen LogP contribution in [0, 0.1) is 0 Å². The molecule has 0 fully saturated rings. The molecule has 0 unspecified atom stereocenters. The fourth-order valence-corrected chi connectivity index (χ4v) is 6.79. The summed E-state index contributed by atoms with van der Waals surface area (Å²) in [6.07, 6.45) is 0. The van der Waals surface area contributed by atoms with E-state index in [4.69, 9.17) is 0 Å². The molecule has 0 aliphatic heterocycles. The summed E-state index contributed by atoms with van der Waals surface area (Å²) in [5, 5.41) is 0. The van der Waals surface area contributed by atoms with Gasteiger partial charge in [0.15, 0.2) is 0 Å². The summed E-state index contributed by atoms with van der Waals surface area (Å²) in [6.45, 7) is 15.7. The smallest absolute Gasteiger partial charge is 0.257 e. The van der Waals surface area contributed by atoms with E-state index in [0.717, 1.165) is 0 Å². The first kappa shape index (κ1) is 19.0. The number of hydrogen-bond acceptors (Lipinski definition) is 3. The highest BCUT2D eigenvalue weighted by Gasteiger charge is 2.39. The third kappa shape index (κ3) is 3.57. The first-order chi connectivity index (χ1) is 9.00. The highest BCUT2D eigenvalue weighted by atomic mass is 31.2. The van der Waals surface area contributed by atoms with Crippen molar-refractivity contribution in [1.82, 2.24) is 14.0 Å². The number of nitrogens with zero attached hydrogens (tertiary/aromatic N) is 3. The predicted molar refractivity (Wildman–Crippen MR) is 82.9 cm³/mol. The lowest BCUT2D eigenvalue weighted by Crippen LogP contribution is -2.43. The van der Waals surface area contributed by atoms with Crippen LogP contribution in [-0.2, 0) is 0 Å². The van der Waals surface area contributed by atoms with Crippen molar-refractivity contribution in [2.24, 2.45) is 0 Å². The number of hydrogen-bond donors (Lipinski definition) is 0. The van der Waals surface area contributed by atoms with Gasteiger partial charge in [0.1, 0.15) is 7.34 Å². The van der Waals surface area contributed by atoms with Crippen LogP contribution in [0.3, 0.4) is 0 Å². The van der Waals surface area contributed by atoms with E-state index in [1.165, 1.54) is 0 Å². The molecule has 0 atom stereocenters. The molecule has 0 spiro atoms. The van der Waals surface area contributed by atoms with E-state index in [1.54, 1.807) is 0 Å². The highest BCUT2D eigenvalue weighted by molar-refractivity contribution is 7.69. The van der Waals surface area contributed by atoms with Crippen LogP contribution in [0.2, 0.25) is 0 Å². The molecule has 3 nitrogen and oxygen atoms in total. The Morgan fingerprint density at radius 3 is 0.947 bits per heavy atom. The van der Waals surface area contributed by atoms with E-state index in [0.29, 0.717) is 39.3 Å². The standard InChI is InChI=1S/C13H30F2N3P/c1-7-16(8-2)19(13(14)15,17(9-3)10-4)18(11-5)12-6/h7-12H2,1-6H3. The molecule has 0 rings (SSSR count). The average Bonchev–Trinajstić information content (AvgIpc) is 2.41. The van der Waals surface area contributed by atoms with Crippen LogP contribution in [0.4, 0.5) is 8.78 Å². The zero-order valence-electron chi connectivity index (χ0n) is 13.3. The Hall–Kier alpha value is 0.0400. The Labute approximate surface area is 117 Å². The summed E-state index contributed by atoms with van der Waals surface area (Å²) in [7, 11) is -2.82. The Morgan fingerprint density at radius 1 is 0.632 bits per heavy atom. The maximum Gasteiger partial charge on any atom is 0.306 e. The maximum atomic E-state index is 14.1. The molecule has 0 aliphatic rings. The van der Waals surface area contributed by atoms with Crippen LogP contribution in [0.1, 0.15) is 41.5 Å². The second-order valence-corrected chi connectivity index (χ2v) is 7.40. The summed E-state index contributed by atoms with van der Waals surface area (Å²) in [5.74, 6) is -1.41. The quantitative estimate of drug-likeness (QED) is 0.599. The largest absolute Gasteiger partial charge is 0.306 e.